The van der Waals surface area contributed by atoms with Crippen LogP contribution in [0.4, 0.5) is 21.9 Å². The second-order valence-electron chi connectivity index (χ2n) is 22.1. The van der Waals surface area contributed by atoms with Gasteiger partial charge in [0.2, 0.25) is 35.4 Å². The van der Waals surface area contributed by atoms with Crippen LogP contribution in [0.1, 0.15) is 137 Å². The quantitative estimate of drug-likeness (QED) is 0.0158. The zero-order valence-corrected chi connectivity index (χ0v) is 47.7. The SMILES string of the molecule is COc1cc2c(cc1OCCCCCC(=O)N1C[C@@H](CCl)c3c1cc(O)c1ccccc31)N(C(=O)OCc1ccc(NC(=O)[C@H](CCCCN)NC(=O)C3(C(=O)NCCCCCN4C(=O)CCC4=O)CCC3)cc1)C(O)[C@@H]1CCCN1C2=O. The summed E-state index contributed by atoms with van der Waals surface area (Å²) in [5.74, 6) is -1.33. The summed E-state index contributed by atoms with van der Waals surface area (Å²) in [7, 11) is 1.44. The van der Waals surface area contributed by atoms with Crippen LogP contribution in [-0.4, -0.2) is 138 Å². The number of rotatable bonds is 26. The fraction of sp³-hybridized carbons (Fsp3) is 0.508. The summed E-state index contributed by atoms with van der Waals surface area (Å²) in [4.78, 5) is 113. The summed E-state index contributed by atoms with van der Waals surface area (Å²) >= 11 is 6.39. The van der Waals surface area contributed by atoms with Gasteiger partial charge in [0.15, 0.2) is 17.7 Å². The molecule has 7 N–H and O–H groups in total. The number of carbonyl (C=O) groups excluding carboxylic acids is 8. The van der Waals surface area contributed by atoms with Crippen LogP contribution in [0.2, 0.25) is 0 Å². The van der Waals surface area contributed by atoms with E-state index in [-0.39, 0.29) is 96.9 Å². The molecule has 4 aromatic carbocycles. The summed E-state index contributed by atoms with van der Waals surface area (Å²) in [5, 5.41) is 32.9. The highest BCUT2D eigenvalue weighted by atomic mass is 35.5. The van der Waals surface area contributed by atoms with Crippen molar-refractivity contribution in [3.8, 4) is 17.2 Å². The lowest BCUT2D eigenvalue weighted by atomic mass is 9.67. The molecule has 4 aliphatic heterocycles. The van der Waals surface area contributed by atoms with Gasteiger partial charge in [-0.05, 0) is 125 Å². The van der Waals surface area contributed by atoms with Crippen LogP contribution in [0, 0.1) is 5.41 Å². The molecule has 22 heteroatoms. The van der Waals surface area contributed by atoms with E-state index in [4.69, 9.17) is 31.5 Å². The molecule has 83 heavy (non-hydrogen) atoms. The number of phenols is 1. The van der Waals surface area contributed by atoms with Crippen LogP contribution in [0.25, 0.3) is 10.8 Å². The molecule has 2 saturated heterocycles. The summed E-state index contributed by atoms with van der Waals surface area (Å²) < 4.78 is 17.8. The second kappa shape index (κ2) is 27.3. The maximum atomic E-state index is 14.2. The van der Waals surface area contributed by atoms with Crippen LogP contribution < -0.4 is 41.0 Å². The van der Waals surface area contributed by atoms with Crippen molar-refractivity contribution in [1.82, 2.24) is 20.4 Å². The third kappa shape index (κ3) is 13.2. The lowest BCUT2D eigenvalue weighted by molar-refractivity contribution is -0.151. The summed E-state index contributed by atoms with van der Waals surface area (Å²) in [6, 6.07) is 17.1. The number of amides is 8. The Morgan fingerprint density at radius 3 is 2.30 bits per heavy atom. The first kappa shape index (κ1) is 60.1. The number of unbranched alkanes of at least 4 members (excludes halogenated alkanes) is 5. The van der Waals surface area contributed by atoms with Gasteiger partial charge < -0.3 is 55.9 Å². The number of imide groups is 1. The number of aliphatic hydroxyl groups is 1. The van der Waals surface area contributed by atoms with E-state index in [9.17, 15) is 48.6 Å². The highest BCUT2D eigenvalue weighted by Crippen LogP contribution is 2.46. The number of hydrogen-bond acceptors (Lipinski definition) is 14. The molecule has 1 unspecified atom stereocenters. The number of alkyl halides is 1. The van der Waals surface area contributed by atoms with Crippen LogP contribution in [0.15, 0.2) is 66.7 Å². The zero-order valence-electron chi connectivity index (χ0n) is 47.0. The van der Waals surface area contributed by atoms with Crippen molar-refractivity contribution in [2.24, 2.45) is 11.1 Å². The minimum atomic E-state index is -1.47. The Kier molecular flexibility index (Phi) is 19.7. The summed E-state index contributed by atoms with van der Waals surface area (Å²) in [6.45, 7) is 1.84. The highest BCUT2D eigenvalue weighted by molar-refractivity contribution is 6.19. The van der Waals surface area contributed by atoms with Crippen molar-refractivity contribution in [3.63, 3.8) is 0 Å². The van der Waals surface area contributed by atoms with E-state index >= 15 is 0 Å². The third-order valence-electron chi connectivity index (χ3n) is 16.8. The van der Waals surface area contributed by atoms with Gasteiger partial charge in [-0.1, -0.05) is 42.8 Å². The lowest BCUT2D eigenvalue weighted by Gasteiger charge is -2.39. The first-order valence-electron chi connectivity index (χ1n) is 29.1. The predicted octanol–water partition coefficient (Wildman–Crippen LogP) is 7.10. The van der Waals surface area contributed by atoms with E-state index in [2.05, 4.69) is 16.0 Å². The molecule has 0 spiro atoms. The van der Waals surface area contributed by atoms with Crippen molar-refractivity contribution < 1.29 is 62.8 Å². The van der Waals surface area contributed by atoms with Gasteiger partial charge in [0, 0.05) is 80.4 Å². The topological polar surface area (TPSA) is 280 Å². The first-order chi connectivity index (χ1) is 40.2. The number of phenolic OH excluding ortho intramolecular Hbond substituents is 1. The Bertz CT molecular complexity index is 3070. The number of hydrogen-bond donors (Lipinski definition) is 6. The highest BCUT2D eigenvalue weighted by Gasteiger charge is 2.51. The largest absolute Gasteiger partial charge is 0.507 e. The van der Waals surface area contributed by atoms with E-state index in [0.717, 1.165) is 15.8 Å². The number of aliphatic hydroxyl groups excluding tert-OH is 1. The van der Waals surface area contributed by atoms with Gasteiger partial charge in [-0.2, -0.15) is 0 Å². The molecule has 444 valence electrons. The molecule has 0 radical (unpaired) electrons. The average molecular weight is 1160 g/mol. The fourth-order valence-electron chi connectivity index (χ4n) is 12.0. The summed E-state index contributed by atoms with van der Waals surface area (Å²) in [5.41, 5.74) is 7.24. The maximum absolute atomic E-state index is 14.2. The van der Waals surface area contributed by atoms with E-state index in [1.807, 2.05) is 24.3 Å². The standard InChI is InChI=1S/C61H75ClN8O13/c1-81-49-32-43-46(34-50(49)82-31-11-2-4-18-51(72)69-36-39(35-62)54-42-15-6-5-14-41(42)48(71)33-47(54)69)70(57(77)45-17-12-30-67(45)56(43)76)60(80)83-37-38-19-21-40(22-20-38)65-55(75)44(16-7-8-27-63)66-59(79)61(25-13-26-61)58(78)64-28-9-3-10-29-68-52(73)23-24-53(68)74/h5-6,14-15,19-22,32-34,39,44-45,57,71,77H,2-4,7-13,16-18,23-31,35-37,63H2,1H3,(H,64,78)(H,65,75)(H,66,79)/t39-,44+,45+,57?/m1/s1. The van der Waals surface area contributed by atoms with Crippen LogP contribution >= 0.6 is 11.6 Å². The molecule has 4 atom stereocenters. The fourth-order valence-corrected chi connectivity index (χ4v) is 12.2. The molecule has 8 amide bonds. The maximum Gasteiger partial charge on any atom is 0.416 e. The number of methoxy groups -OCH3 is 1. The Morgan fingerprint density at radius 1 is 0.843 bits per heavy atom. The molecule has 0 aromatic heterocycles. The predicted molar refractivity (Wildman–Crippen MR) is 310 cm³/mol. The van der Waals surface area contributed by atoms with Gasteiger partial charge in [0.1, 0.15) is 23.8 Å². The molecule has 4 aromatic rings. The number of fused-ring (bicyclic) bond motifs is 5. The van der Waals surface area contributed by atoms with Gasteiger partial charge in [-0.25, -0.2) is 9.69 Å². The minimum Gasteiger partial charge on any atom is -0.507 e. The molecule has 5 aliphatic rings. The van der Waals surface area contributed by atoms with Gasteiger partial charge in [0.25, 0.3) is 5.91 Å². The minimum absolute atomic E-state index is 0.0688. The Labute approximate surface area is 487 Å². The zero-order chi connectivity index (χ0) is 58.8. The van der Waals surface area contributed by atoms with E-state index in [1.165, 1.54) is 24.1 Å². The molecule has 21 nitrogen and oxygen atoms in total. The molecule has 1 aliphatic carbocycles. The molecule has 9 rings (SSSR count). The monoisotopic (exact) mass is 1160 g/mol. The number of carbonyl (C=O) groups is 8. The smallest absolute Gasteiger partial charge is 0.416 e. The van der Waals surface area contributed by atoms with Gasteiger partial charge in [-0.3, -0.25) is 38.5 Å². The number of nitrogens with zero attached hydrogens (tertiary/aromatic N) is 4. The van der Waals surface area contributed by atoms with E-state index in [0.29, 0.717) is 144 Å². The molecule has 4 heterocycles. The van der Waals surface area contributed by atoms with Crippen molar-refractivity contribution in [3.05, 3.63) is 83.4 Å². The van der Waals surface area contributed by atoms with Crippen molar-refractivity contribution in [2.75, 3.05) is 67.4 Å². The Balaban J connectivity index is 0.786. The van der Waals surface area contributed by atoms with Gasteiger partial charge in [0.05, 0.1) is 36.7 Å². The number of nitrogens with one attached hydrogen (secondary N) is 3. The normalized spacial score (nSPS) is 19.1. The number of benzene rings is 4. The van der Waals surface area contributed by atoms with E-state index in [1.54, 1.807) is 40.1 Å². The van der Waals surface area contributed by atoms with Gasteiger partial charge in [-0.15, -0.1) is 11.6 Å². The summed E-state index contributed by atoms with van der Waals surface area (Å²) in [6.07, 6.45) is 5.88. The number of ether oxygens (including phenoxy) is 3. The lowest BCUT2D eigenvalue weighted by Crippen LogP contribution is -2.58. The van der Waals surface area contributed by atoms with Crippen LogP contribution in [0.5, 0.6) is 17.2 Å². The number of halogens is 1. The number of likely N-dealkylation sites (tertiary alicyclic amines) is 1. The van der Waals surface area contributed by atoms with Crippen LogP contribution in [-0.2, 0) is 40.1 Å². The molecular weight excluding hydrogens is 1090 g/mol. The molecule has 0 bridgehead atoms. The van der Waals surface area contributed by atoms with E-state index < -0.39 is 47.5 Å². The Morgan fingerprint density at radius 2 is 1.59 bits per heavy atom. The Hall–Kier alpha value is -7.49. The molecule has 3 fully saturated rings. The average Bonchev–Trinajstić information content (AvgIpc) is 2.78. The third-order valence-corrected chi connectivity index (χ3v) is 17.2. The van der Waals surface area contributed by atoms with Crippen LogP contribution in [0.3, 0.4) is 0 Å². The van der Waals surface area contributed by atoms with Crippen molar-refractivity contribution in [1.29, 1.82) is 0 Å². The van der Waals surface area contributed by atoms with Crippen molar-refractivity contribution in [2.45, 2.75) is 140 Å². The number of anilines is 3. The second-order valence-corrected chi connectivity index (χ2v) is 22.5. The van der Waals surface area contributed by atoms with Crippen molar-refractivity contribution >= 4 is 86.9 Å². The molecule has 1 saturated carbocycles. The number of nitrogens with two attached hydrogens (primary N) is 1. The van der Waals surface area contributed by atoms with Gasteiger partial charge >= 0.3 is 6.09 Å². The molecular formula is C61H75ClN8O13. The first-order valence-corrected chi connectivity index (χ1v) is 29.6. The number of aromatic hydroxyl groups is 1.